The Labute approximate surface area is 143 Å². The van der Waals surface area contributed by atoms with Crippen LogP contribution in [0.2, 0.25) is 0 Å². The Bertz CT molecular complexity index is 674. The van der Waals surface area contributed by atoms with Crippen molar-refractivity contribution >= 4 is 23.6 Å². The van der Waals surface area contributed by atoms with Gasteiger partial charge >= 0.3 is 5.97 Å². The van der Waals surface area contributed by atoms with Crippen molar-refractivity contribution in [1.29, 1.82) is 0 Å². The zero-order chi connectivity index (χ0) is 17.4. The highest BCUT2D eigenvalue weighted by Gasteiger charge is 2.05. The van der Waals surface area contributed by atoms with Gasteiger partial charge < -0.3 is 9.64 Å². The number of carbonyl (C=O) groups is 1. The maximum Gasteiger partial charge on any atom is 0.338 e. The Balaban J connectivity index is 1.96. The van der Waals surface area contributed by atoms with Gasteiger partial charge in [0.25, 0.3) is 0 Å². The number of benzene rings is 2. The van der Waals surface area contributed by atoms with E-state index in [0.29, 0.717) is 12.2 Å². The smallest absolute Gasteiger partial charge is 0.338 e. The molecule has 0 saturated carbocycles. The summed E-state index contributed by atoms with van der Waals surface area (Å²) < 4.78 is 5.19. The van der Waals surface area contributed by atoms with Crippen molar-refractivity contribution in [2.45, 2.75) is 19.8 Å². The molecular weight excluding hydrogens is 300 g/mol. The van der Waals surface area contributed by atoms with Crippen molar-refractivity contribution in [1.82, 2.24) is 0 Å². The monoisotopic (exact) mass is 324 g/mol. The van der Waals surface area contributed by atoms with Crippen molar-refractivity contribution in [2.75, 3.05) is 25.6 Å². The fraction of sp³-hybridized carbons (Fsp3) is 0.300. The van der Waals surface area contributed by atoms with Crippen molar-refractivity contribution < 1.29 is 9.53 Å². The molecule has 2 aromatic carbocycles. The van der Waals surface area contributed by atoms with E-state index >= 15 is 0 Å². The van der Waals surface area contributed by atoms with E-state index in [1.165, 1.54) is 0 Å². The molecule has 4 nitrogen and oxygen atoms in total. The normalized spacial score (nSPS) is 10.8. The Morgan fingerprint density at radius 3 is 2.33 bits per heavy atom. The van der Waals surface area contributed by atoms with Crippen LogP contribution in [0, 0.1) is 0 Å². The standard InChI is InChI=1S/C20H24N2O2/c1-4-5-14-24-20(23)17-8-10-18(11-9-17)21-15-16-6-12-19(13-7-16)22(2)3/h6-13,15H,4-5,14H2,1-3H3. The van der Waals surface area contributed by atoms with Crippen molar-refractivity contribution in [3.63, 3.8) is 0 Å². The zero-order valence-electron chi connectivity index (χ0n) is 14.5. The first-order valence-electron chi connectivity index (χ1n) is 8.19. The highest BCUT2D eigenvalue weighted by Crippen LogP contribution is 2.15. The largest absolute Gasteiger partial charge is 0.462 e. The van der Waals surface area contributed by atoms with E-state index in [-0.39, 0.29) is 5.97 Å². The molecule has 0 unspecified atom stereocenters. The molecule has 126 valence electrons. The molecule has 0 heterocycles. The molecule has 0 N–H and O–H groups in total. The Morgan fingerprint density at radius 1 is 1.08 bits per heavy atom. The van der Waals surface area contributed by atoms with Gasteiger partial charge in [0.05, 0.1) is 17.9 Å². The zero-order valence-corrected chi connectivity index (χ0v) is 14.5. The van der Waals surface area contributed by atoms with Gasteiger partial charge in [0.2, 0.25) is 0 Å². The lowest BCUT2D eigenvalue weighted by atomic mass is 10.2. The Morgan fingerprint density at radius 2 is 1.75 bits per heavy atom. The second-order valence-corrected chi connectivity index (χ2v) is 5.78. The predicted octanol–water partition coefficient (Wildman–Crippen LogP) is 4.46. The van der Waals surface area contributed by atoms with Crippen molar-refractivity contribution in [3.05, 3.63) is 59.7 Å². The van der Waals surface area contributed by atoms with E-state index < -0.39 is 0 Å². The lowest BCUT2D eigenvalue weighted by Crippen LogP contribution is -2.08. The van der Waals surface area contributed by atoms with Gasteiger partial charge in [0, 0.05) is 26.0 Å². The van der Waals surface area contributed by atoms with Crippen LogP contribution in [0.25, 0.3) is 0 Å². The summed E-state index contributed by atoms with van der Waals surface area (Å²) in [5.41, 5.74) is 3.54. The SMILES string of the molecule is CCCCOC(=O)c1ccc(N=Cc2ccc(N(C)C)cc2)cc1. The Kier molecular flexibility index (Phi) is 6.55. The highest BCUT2D eigenvalue weighted by molar-refractivity contribution is 5.90. The van der Waals surface area contributed by atoms with E-state index in [9.17, 15) is 4.79 Å². The molecule has 2 rings (SSSR count). The summed E-state index contributed by atoms with van der Waals surface area (Å²) in [6, 6.07) is 15.3. The lowest BCUT2D eigenvalue weighted by molar-refractivity contribution is 0.0500. The fourth-order valence-corrected chi connectivity index (χ4v) is 2.08. The molecule has 0 spiro atoms. The Hall–Kier alpha value is -2.62. The lowest BCUT2D eigenvalue weighted by Gasteiger charge is -2.11. The fourth-order valence-electron chi connectivity index (χ4n) is 2.08. The summed E-state index contributed by atoms with van der Waals surface area (Å²) in [5, 5.41) is 0. The highest BCUT2D eigenvalue weighted by atomic mass is 16.5. The van der Waals surface area contributed by atoms with E-state index in [1.54, 1.807) is 12.1 Å². The van der Waals surface area contributed by atoms with Gasteiger partial charge in [-0.3, -0.25) is 4.99 Å². The molecule has 0 radical (unpaired) electrons. The second kappa shape index (κ2) is 8.87. The van der Waals surface area contributed by atoms with Crippen LogP contribution in [0.15, 0.2) is 53.5 Å². The number of ether oxygens (including phenoxy) is 1. The topological polar surface area (TPSA) is 41.9 Å². The van der Waals surface area contributed by atoms with Gasteiger partial charge in [0.15, 0.2) is 0 Å². The van der Waals surface area contributed by atoms with Gasteiger partial charge in [0.1, 0.15) is 0 Å². The van der Waals surface area contributed by atoms with Gasteiger partial charge in [-0.2, -0.15) is 0 Å². The molecule has 4 heteroatoms. The van der Waals surface area contributed by atoms with Crippen LogP contribution in [0.1, 0.15) is 35.7 Å². The quantitative estimate of drug-likeness (QED) is 0.429. The minimum atomic E-state index is -0.279. The van der Waals surface area contributed by atoms with Crippen LogP contribution in [0.5, 0.6) is 0 Å². The van der Waals surface area contributed by atoms with E-state index in [2.05, 4.69) is 28.9 Å². The molecule has 0 atom stereocenters. The van der Waals surface area contributed by atoms with Crippen molar-refractivity contribution in [2.24, 2.45) is 4.99 Å². The molecule has 0 aliphatic rings. The number of esters is 1. The third kappa shape index (κ3) is 5.23. The number of unbranched alkanes of at least 4 members (excludes halogenated alkanes) is 1. The summed E-state index contributed by atoms with van der Waals surface area (Å²) in [6.45, 7) is 2.53. The van der Waals surface area contributed by atoms with Crippen LogP contribution in [0.3, 0.4) is 0 Å². The first kappa shape index (κ1) is 17.7. The molecule has 0 bridgehead atoms. The average molecular weight is 324 g/mol. The summed E-state index contributed by atoms with van der Waals surface area (Å²) in [4.78, 5) is 18.3. The molecule has 0 aromatic heterocycles. The molecule has 24 heavy (non-hydrogen) atoms. The van der Waals surface area contributed by atoms with E-state index in [1.807, 2.05) is 44.6 Å². The molecule has 2 aromatic rings. The molecule has 0 saturated heterocycles. The summed E-state index contributed by atoms with van der Waals surface area (Å²) in [7, 11) is 4.02. The molecular formula is C20H24N2O2. The summed E-state index contributed by atoms with van der Waals surface area (Å²) >= 11 is 0. The van der Waals surface area contributed by atoms with Gasteiger partial charge in [-0.25, -0.2) is 4.79 Å². The first-order chi connectivity index (χ1) is 11.6. The van der Waals surface area contributed by atoms with Gasteiger partial charge in [-0.05, 0) is 48.4 Å². The minimum absolute atomic E-state index is 0.279. The third-order valence-corrected chi connectivity index (χ3v) is 3.61. The summed E-state index contributed by atoms with van der Waals surface area (Å²) in [5.74, 6) is -0.279. The molecule has 0 fully saturated rings. The average Bonchev–Trinajstić information content (AvgIpc) is 2.61. The van der Waals surface area contributed by atoms with E-state index in [0.717, 1.165) is 29.8 Å². The number of anilines is 1. The maximum atomic E-state index is 11.8. The number of carbonyl (C=O) groups excluding carboxylic acids is 1. The molecule has 0 aliphatic heterocycles. The first-order valence-corrected chi connectivity index (χ1v) is 8.19. The third-order valence-electron chi connectivity index (χ3n) is 3.61. The molecule has 0 amide bonds. The minimum Gasteiger partial charge on any atom is -0.462 e. The van der Waals surface area contributed by atoms with Crippen LogP contribution < -0.4 is 4.90 Å². The van der Waals surface area contributed by atoms with E-state index in [4.69, 9.17) is 4.74 Å². The van der Waals surface area contributed by atoms with Gasteiger partial charge in [-0.15, -0.1) is 0 Å². The van der Waals surface area contributed by atoms with Gasteiger partial charge in [-0.1, -0.05) is 25.5 Å². The number of nitrogens with zero attached hydrogens (tertiary/aromatic N) is 2. The predicted molar refractivity (Wildman–Crippen MR) is 99.7 cm³/mol. The number of aliphatic imine (C=N–C) groups is 1. The van der Waals surface area contributed by atoms with Crippen molar-refractivity contribution in [3.8, 4) is 0 Å². The van der Waals surface area contributed by atoms with Crippen LogP contribution in [0.4, 0.5) is 11.4 Å². The van der Waals surface area contributed by atoms with Crippen LogP contribution in [-0.4, -0.2) is 32.9 Å². The molecule has 0 aliphatic carbocycles. The maximum absolute atomic E-state index is 11.8. The second-order valence-electron chi connectivity index (χ2n) is 5.78. The van der Waals surface area contributed by atoms with Crippen LogP contribution >= 0.6 is 0 Å². The number of rotatable bonds is 7. The number of hydrogen-bond acceptors (Lipinski definition) is 4. The number of hydrogen-bond donors (Lipinski definition) is 0. The van der Waals surface area contributed by atoms with Crippen LogP contribution in [-0.2, 0) is 4.74 Å². The summed E-state index contributed by atoms with van der Waals surface area (Å²) in [6.07, 6.45) is 3.71.